The number of esters is 1. The Balaban J connectivity index is 0.000000155. The standard InChI is InChI=1S/C18H15S.C8H10O9S2/c1-4-10-16(11-5-1)19(17-12-6-2-7-13-17)18-14-8-3-9-15-18;9-5(2-18(10,11)12)16-6-3-1-4-7(15-3)8(6)17-19(4,13)14/h1-15H;3-4,6-8H,1-2H2,(H,10,11,12)/q+1;/p-1. The molecule has 0 spiro atoms. The Bertz CT molecular complexity index is 1390. The number of carbonyl (C=O) groups is 1. The summed E-state index contributed by atoms with van der Waals surface area (Å²) < 4.78 is 69.3. The Hall–Kier alpha value is -2.74. The molecule has 3 saturated heterocycles. The summed E-state index contributed by atoms with van der Waals surface area (Å²) in [5.41, 5.74) is 0. The van der Waals surface area contributed by atoms with Gasteiger partial charge in [0.05, 0.1) is 17.0 Å². The maximum atomic E-state index is 11.6. The molecule has 5 unspecified atom stereocenters. The fourth-order valence-corrected chi connectivity index (χ4v) is 8.88. The van der Waals surface area contributed by atoms with Crippen molar-refractivity contribution in [1.82, 2.24) is 0 Å². The van der Waals surface area contributed by atoms with Gasteiger partial charge in [-0.15, -0.1) is 0 Å². The van der Waals surface area contributed by atoms with E-state index in [1.54, 1.807) is 0 Å². The second-order valence-corrected chi connectivity index (χ2v) is 14.1. The predicted molar refractivity (Wildman–Crippen MR) is 137 cm³/mol. The van der Waals surface area contributed by atoms with Crippen molar-refractivity contribution < 1.29 is 39.8 Å². The van der Waals surface area contributed by atoms with Crippen molar-refractivity contribution in [3.8, 4) is 0 Å². The molecule has 3 aliphatic heterocycles. The summed E-state index contributed by atoms with van der Waals surface area (Å²) in [5.74, 6) is -2.54. The SMILES string of the molecule is O=C(CS(=O)(=O)[O-])OC1C2CC3C(O2)C1OS3(=O)=O.c1ccc([S+](c2ccccc2)c2ccccc2)cc1. The Morgan fingerprint density at radius 2 is 1.34 bits per heavy atom. The largest absolute Gasteiger partial charge is 0.748 e. The lowest BCUT2D eigenvalue weighted by Crippen LogP contribution is -2.42. The summed E-state index contributed by atoms with van der Waals surface area (Å²) in [6.07, 6.45) is -3.15. The molecule has 9 nitrogen and oxygen atoms in total. The molecule has 6 rings (SSSR count). The van der Waals surface area contributed by atoms with E-state index in [4.69, 9.17) is 13.7 Å². The molecule has 0 radical (unpaired) electrons. The molecule has 0 amide bonds. The first-order valence-electron chi connectivity index (χ1n) is 11.7. The van der Waals surface area contributed by atoms with Crippen LogP contribution >= 0.6 is 0 Å². The smallest absolute Gasteiger partial charge is 0.320 e. The lowest BCUT2D eigenvalue weighted by atomic mass is 9.94. The number of rotatable bonds is 6. The van der Waals surface area contributed by atoms with Gasteiger partial charge < -0.3 is 14.0 Å². The van der Waals surface area contributed by atoms with Gasteiger partial charge in [-0.1, -0.05) is 54.6 Å². The van der Waals surface area contributed by atoms with Crippen molar-refractivity contribution in [2.75, 3.05) is 5.75 Å². The number of ether oxygens (including phenoxy) is 2. The lowest BCUT2D eigenvalue weighted by Gasteiger charge is -2.22. The molecule has 3 aliphatic rings. The second kappa shape index (κ2) is 10.8. The Labute approximate surface area is 224 Å². The molecular weight excluding hydrogens is 552 g/mol. The first-order valence-corrected chi connectivity index (χ1v) is 16.0. The van der Waals surface area contributed by atoms with E-state index in [2.05, 4.69) is 91.0 Å². The van der Waals surface area contributed by atoms with Crippen LogP contribution in [0.2, 0.25) is 0 Å². The minimum Gasteiger partial charge on any atom is -0.748 e. The molecule has 38 heavy (non-hydrogen) atoms. The van der Waals surface area contributed by atoms with Crippen LogP contribution in [0.15, 0.2) is 106 Å². The molecule has 3 fully saturated rings. The van der Waals surface area contributed by atoms with Gasteiger partial charge in [-0.3, -0.25) is 8.98 Å². The molecular formula is C26H24O9S3. The third-order valence-corrected chi connectivity index (χ3v) is 10.8. The molecule has 3 heterocycles. The normalized spacial score (nSPS) is 26.5. The number of carbonyl (C=O) groups excluding carboxylic acids is 1. The molecule has 0 N–H and O–H groups in total. The van der Waals surface area contributed by atoms with Gasteiger partial charge in [0.1, 0.15) is 33.3 Å². The average molecular weight is 577 g/mol. The highest BCUT2D eigenvalue weighted by Gasteiger charge is 2.67. The van der Waals surface area contributed by atoms with Gasteiger partial charge in [-0.25, -0.2) is 8.42 Å². The fraction of sp³-hybridized carbons (Fsp3) is 0.269. The highest BCUT2D eigenvalue weighted by molar-refractivity contribution is 7.97. The summed E-state index contributed by atoms with van der Waals surface area (Å²) in [6, 6.07) is 32.2. The van der Waals surface area contributed by atoms with E-state index in [-0.39, 0.29) is 17.3 Å². The third kappa shape index (κ3) is 5.80. The maximum Gasteiger partial charge on any atom is 0.320 e. The van der Waals surface area contributed by atoms with Gasteiger partial charge >= 0.3 is 5.97 Å². The molecule has 5 atom stereocenters. The number of fused-ring (bicyclic) bond motifs is 1. The van der Waals surface area contributed by atoms with Crippen LogP contribution in [0.3, 0.4) is 0 Å². The van der Waals surface area contributed by atoms with E-state index in [1.807, 2.05) is 0 Å². The highest BCUT2D eigenvalue weighted by Crippen LogP contribution is 2.47. The predicted octanol–water partition coefficient (Wildman–Crippen LogP) is 2.49. The van der Waals surface area contributed by atoms with Gasteiger partial charge in [-0.05, 0) is 42.8 Å². The lowest BCUT2D eigenvalue weighted by molar-refractivity contribution is -0.151. The van der Waals surface area contributed by atoms with Gasteiger partial charge in [0.2, 0.25) is 0 Å². The van der Waals surface area contributed by atoms with Crippen LogP contribution in [-0.2, 0) is 49.6 Å². The monoisotopic (exact) mass is 576 g/mol. The van der Waals surface area contributed by atoms with Crippen LogP contribution in [0.1, 0.15) is 6.42 Å². The molecule has 200 valence electrons. The van der Waals surface area contributed by atoms with Gasteiger partial charge in [0, 0.05) is 0 Å². The van der Waals surface area contributed by atoms with Gasteiger partial charge in [-0.2, -0.15) is 8.42 Å². The van der Waals surface area contributed by atoms with Crippen molar-refractivity contribution in [2.24, 2.45) is 0 Å². The number of benzene rings is 3. The molecule has 0 aromatic heterocycles. The minimum atomic E-state index is -4.74. The first-order chi connectivity index (χ1) is 18.1. The third-order valence-electron chi connectivity index (χ3n) is 6.29. The van der Waals surface area contributed by atoms with Crippen LogP contribution in [-0.4, -0.2) is 62.8 Å². The van der Waals surface area contributed by atoms with Crippen LogP contribution in [0.4, 0.5) is 0 Å². The first kappa shape index (κ1) is 26.9. The van der Waals surface area contributed by atoms with E-state index in [9.17, 15) is 26.2 Å². The molecule has 0 saturated carbocycles. The zero-order chi connectivity index (χ0) is 26.9. The van der Waals surface area contributed by atoms with Crippen molar-refractivity contribution in [2.45, 2.75) is 50.8 Å². The molecule has 2 bridgehead atoms. The Morgan fingerprint density at radius 3 is 1.79 bits per heavy atom. The van der Waals surface area contributed by atoms with E-state index in [1.165, 1.54) is 14.7 Å². The zero-order valence-electron chi connectivity index (χ0n) is 19.9. The topological polar surface area (TPSA) is 136 Å². The molecule has 0 aliphatic carbocycles. The minimum absolute atomic E-state index is 0.0146. The van der Waals surface area contributed by atoms with Gasteiger partial charge in [0.25, 0.3) is 10.1 Å². The van der Waals surface area contributed by atoms with E-state index in [0.717, 1.165) is 0 Å². The number of hydrogen-bond acceptors (Lipinski definition) is 9. The van der Waals surface area contributed by atoms with E-state index >= 15 is 0 Å². The summed E-state index contributed by atoms with van der Waals surface area (Å²) >= 11 is 0. The summed E-state index contributed by atoms with van der Waals surface area (Å²) in [5, 5.41) is -0.763. The highest BCUT2D eigenvalue weighted by atomic mass is 32.2. The number of hydrogen-bond donors (Lipinski definition) is 0. The quantitative estimate of drug-likeness (QED) is 0.188. The van der Waals surface area contributed by atoms with Crippen LogP contribution in [0, 0.1) is 0 Å². The van der Waals surface area contributed by atoms with E-state index < -0.39 is 61.6 Å². The summed E-state index contributed by atoms with van der Waals surface area (Å²) in [7, 11) is -8.49. The zero-order valence-corrected chi connectivity index (χ0v) is 22.3. The maximum absolute atomic E-state index is 11.6. The summed E-state index contributed by atoms with van der Waals surface area (Å²) in [4.78, 5) is 15.3. The molecule has 3 aromatic carbocycles. The van der Waals surface area contributed by atoms with E-state index in [0.29, 0.717) is 0 Å². The van der Waals surface area contributed by atoms with Crippen molar-refractivity contribution in [3.05, 3.63) is 91.0 Å². The fourth-order valence-electron chi connectivity index (χ4n) is 4.78. The Kier molecular flexibility index (Phi) is 7.63. The van der Waals surface area contributed by atoms with Crippen molar-refractivity contribution >= 4 is 37.1 Å². The van der Waals surface area contributed by atoms with Crippen LogP contribution < -0.4 is 0 Å². The summed E-state index contributed by atoms with van der Waals surface area (Å²) in [6.45, 7) is 0. The van der Waals surface area contributed by atoms with Crippen molar-refractivity contribution in [3.63, 3.8) is 0 Å². The second-order valence-electron chi connectivity index (χ2n) is 8.87. The average Bonchev–Trinajstić information content (AvgIpc) is 3.50. The van der Waals surface area contributed by atoms with Gasteiger partial charge in [0.15, 0.2) is 20.8 Å². The Morgan fingerprint density at radius 1 is 0.868 bits per heavy atom. The van der Waals surface area contributed by atoms with Crippen LogP contribution in [0.5, 0.6) is 0 Å². The van der Waals surface area contributed by atoms with Crippen LogP contribution in [0.25, 0.3) is 0 Å². The molecule has 3 aromatic rings. The van der Waals surface area contributed by atoms with Crippen molar-refractivity contribution in [1.29, 1.82) is 0 Å². The molecule has 12 heteroatoms.